The lowest BCUT2D eigenvalue weighted by molar-refractivity contribution is 0.492. The average Bonchev–Trinajstić information content (AvgIpc) is 2.70. The van der Waals surface area contributed by atoms with Crippen LogP contribution in [0.25, 0.3) is 0 Å². The summed E-state index contributed by atoms with van der Waals surface area (Å²) in [4.78, 5) is 0. The third-order valence-electron chi connectivity index (χ3n) is 3.59. The zero-order valence-corrected chi connectivity index (χ0v) is 13.4. The highest BCUT2D eigenvalue weighted by Gasteiger charge is 2.15. The molecule has 4 heteroatoms. The summed E-state index contributed by atoms with van der Waals surface area (Å²) in [7, 11) is 1.98. The van der Waals surface area contributed by atoms with Crippen molar-refractivity contribution in [1.82, 2.24) is 15.1 Å². The van der Waals surface area contributed by atoms with E-state index in [1.807, 2.05) is 24.0 Å². The van der Waals surface area contributed by atoms with Crippen LogP contribution in [0.1, 0.15) is 42.8 Å². The standard InChI is InChI=1S/C15H20BrN3/c1-10(13-6-5-7-14(16)8-13)18-11(2)15-9-17-19(4)12(15)3/h5-11,18H,1-4H3. The molecule has 0 saturated heterocycles. The lowest BCUT2D eigenvalue weighted by Gasteiger charge is -2.20. The van der Waals surface area contributed by atoms with Gasteiger partial charge in [0.15, 0.2) is 0 Å². The van der Waals surface area contributed by atoms with Gasteiger partial charge in [0.2, 0.25) is 0 Å². The van der Waals surface area contributed by atoms with Crippen molar-refractivity contribution < 1.29 is 0 Å². The van der Waals surface area contributed by atoms with Crippen LogP contribution in [0.3, 0.4) is 0 Å². The quantitative estimate of drug-likeness (QED) is 0.925. The molecular formula is C15H20BrN3. The van der Waals surface area contributed by atoms with E-state index in [-0.39, 0.29) is 6.04 Å². The minimum atomic E-state index is 0.280. The van der Waals surface area contributed by atoms with Crippen molar-refractivity contribution >= 4 is 15.9 Å². The lowest BCUT2D eigenvalue weighted by atomic mass is 10.1. The Morgan fingerprint density at radius 1 is 1.26 bits per heavy atom. The van der Waals surface area contributed by atoms with Gasteiger partial charge >= 0.3 is 0 Å². The Morgan fingerprint density at radius 2 is 2.00 bits per heavy atom. The number of aryl methyl sites for hydroxylation is 1. The Balaban J connectivity index is 2.10. The van der Waals surface area contributed by atoms with Crippen LogP contribution in [-0.4, -0.2) is 9.78 Å². The van der Waals surface area contributed by atoms with Gasteiger partial charge in [0, 0.05) is 34.9 Å². The number of benzene rings is 1. The second-order valence-electron chi connectivity index (χ2n) is 4.97. The first-order valence-corrected chi connectivity index (χ1v) is 7.28. The third kappa shape index (κ3) is 3.25. The first-order valence-electron chi connectivity index (χ1n) is 6.49. The van der Waals surface area contributed by atoms with Gasteiger partial charge in [-0.15, -0.1) is 0 Å². The fourth-order valence-corrected chi connectivity index (χ4v) is 2.69. The molecule has 19 heavy (non-hydrogen) atoms. The molecule has 1 aromatic carbocycles. The summed E-state index contributed by atoms with van der Waals surface area (Å²) in [6, 6.07) is 8.99. The van der Waals surface area contributed by atoms with Gasteiger partial charge in [-0.05, 0) is 38.5 Å². The molecule has 1 heterocycles. The number of halogens is 1. The highest BCUT2D eigenvalue weighted by Crippen LogP contribution is 2.23. The summed E-state index contributed by atoms with van der Waals surface area (Å²) in [6.45, 7) is 6.47. The Hall–Kier alpha value is -1.13. The molecule has 0 aliphatic heterocycles. The summed E-state index contributed by atoms with van der Waals surface area (Å²) in [5, 5.41) is 7.92. The number of nitrogens with one attached hydrogen (secondary N) is 1. The van der Waals surface area contributed by atoms with Crippen LogP contribution in [-0.2, 0) is 7.05 Å². The van der Waals surface area contributed by atoms with E-state index in [0.29, 0.717) is 6.04 Å². The van der Waals surface area contributed by atoms with Gasteiger partial charge in [0.1, 0.15) is 0 Å². The van der Waals surface area contributed by atoms with Gasteiger partial charge in [0.25, 0.3) is 0 Å². The highest BCUT2D eigenvalue weighted by atomic mass is 79.9. The zero-order valence-electron chi connectivity index (χ0n) is 11.8. The normalized spacial score (nSPS) is 14.4. The van der Waals surface area contributed by atoms with Crippen molar-refractivity contribution in [2.75, 3.05) is 0 Å². The maximum absolute atomic E-state index is 4.30. The minimum absolute atomic E-state index is 0.280. The van der Waals surface area contributed by atoms with Crippen LogP contribution in [0.4, 0.5) is 0 Å². The smallest absolute Gasteiger partial charge is 0.0540 e. The Morgan fingerprint density at radius 3 is 2.58 bits per heavy atom. The largest absolute Gasteiger partial charge is 0.304 e. The maximum atomic E-state index is 4.30. The number of hydrogen-bond donors (Lipinski definition) is 1. The molecule has 0 aliphatic carbocycles. The second kappa shape index (κ2) is 5.88. The van der Waals surface area contributed by atoms with E-state index in [4.69, 9.17) is 0 Å². The van der Waals surface area contributed by atoms with E-state index in [1.165, 1.54) is 16.8 Å². The van der Waals surface area contributed by atoms with Gasteiger partial charge in [-0.3, -0.25) is 4.68 Å². The summed E-state index contributed by atoms with van der Waals surface area (Å²) in [5.41, 5.74) is 3.74. The van der Waals surface area contributed by atoms with Crippen molar-refractivity contribution in [3.05, 3.63) is 51.8 Å². The zero-order chi connectivity index (χ0) is 14.0. The Bertz CT molecular complexity index is 562. The van der Waals surface area contributed by atoms with Crippen LogP contribution in [0.15, 0.2) is 34.9 Å². The Labute approximate surface area is 123 Å². The SMILES string of the molecule is Cc1c(C(C)NC(C)c2cccc(Br)c2)cnn1C. The maximum Gasteiger partial charge on any atom is 0.0540 e. The first-order chi connectivity index (χ1) is 8.99. The van der Waals surface area contributed by atoms with Crippen molar-refractivity contribution in [1.29, 1.82) is 0 Å². The van der Waals surface area contributed by atoms with E-state index in [9.17, 15) is 0 Å². The molecule has 0 saturated carbocycles. The molecule has 2 atom stereocenters. The summed E-state index contributed by atoms with van der Waals surface area (Å²) in [5.74, 6) is 0. The first kappa shape index (κ1) is 14.3. The van der Waals surface area contributed by atoms with Crippen LogP contribution in [0.5, 0.6) is 0 Å². The molecule has 0 bridgehead atoms. The fraction of sp³-hybridized carbons (Fsp3) is 0.400. The molecule has 0 amide bonds. The molecule has 0 fully saturated rings. The monoisotopic (exact) mass is 321 g/mol. The van der Waals surface area contributed by atoms with Crippen LogP contribution in [0.2, 0.25) is 0 Å². The summed E-state index contributed by atoms with van der Waals surface area (Å²) < 4.78 is 3.03. The predicted octanol–water partition coefficient (Wildman–Crippen LogP) is 3.90. The van der Waals surface area contributed by atoms with E-state index in [1.54, 1.807) is 0 Å². The molecule has 2 unspecified atom stereocenters. The molecule has 102 valence electrons. The predicted molar refractivity (Wildman–Crippen MR) is 82.1 cm³/mol. The summed E-state index contributed by atoms with van der Waals surface area (Å²) >= 11 is 3.52. The van der Waals surface area contributed by atoms with Gasteiger partial charge in [0.05, 0.1) is 6.20 Å². The van der Waals surface area contributed by atoms with Gasteiger partial charge in [-0.1, -0.05) is 28.1 Å². The minimum Gasteiger partial charge on any atom is -0.304 e. The molecule has 2 rings (SSSR count). The van der Waals surface area contributed by atoms with E-state index in [0.717, 1.165) is 4.47 Å². The molecule has 0 radical (unpaired) electrons. The highest BCUT2D eigenvalue weighted by molar-refractivity contribution is 9.10. The topological polar surface area (TPSA) is 29.9 Å². The van der Waals surface area contributed by atoms with Crippen LogP contribution >= 0.6 is 15.9 Å². The molecule has 2 aromatic rings. The van der Waals surface area contributed by atoms with E-state index >= 15 is 0 Å². The van der Waals surface area contributed by atoms with Gasteiger partial charge in [-0.25, -0.2) is 0 Å². The molecule has 0 aliphatic rings. The molecule has 1 aromatic heterocycles. The lowest BCUT2D eigenvalue weighted by Crippen LogP contribution is -2.22. The van der Waals surface area contributed by atoms with Crippen molar-refractivity contribution in [2.45, 2.75) is 32.9 Å². The molecule has 0 spiro atoms. The van der Waals surface area contributed by atoms with Gasteiger partial charge < -0.3 is 5.32 Å². The second-order valence-corrected chi connectivity index (χ2v) is 5.89. The Kier molecular flexibility index (Phi) is 4.42. The van der Waals surface area contributed by atoms with Gasteiger partial charge in [-0.2, -0.15) is 5.10 Å². The van der Waals surface area contributed by atoms with E-state index < -0.39 is 0 Å². The van der Waals surface area contributed by atoms with Crippen LogP contribution in [0, 0.1) is 6.92 Å². The summed E-state index contributed by atoms with van der Waals surface area (Å²) in [6.07, 6.45) is 1.95. The fourth-order valence-electron chi connectivity index (χ4n) is 2.28. The number of nitrogens with zero attached hydrogens (tertiary/aromatic N) is 2. The third-order valence-corrected chi connectivity index (χ3v) is 4.08. The van der Waals surface area contributed by atoms with E-state index in [2.05, 4.69) is 65.3 Å². The van der Waals surface area contributed by atoms with Crippen LogP contribution < -0.4 is 5.32 Å². The van der Waals surface area contributed by atoms with Crippen molar-refractivity contribution in [3.8, 4) is 0 Å². The number of hydrogen-bond acceptors (Lipinski definition) is 2. The van der Waals surface area contributed by atoms with Crippen molar-refractivity contribution in [3.63, 3.8) is 0 Å². The average molecular weight is 322 g/mol. The number of rotatable bonds is 4. The molecule has 3 nitrogen and oxygen atoms in total. The molecule has 1 N–H and O–H groups in total. The number of aromatic nitrogens is 2. The molecular weight excluding hydrogens is 302 g/mol. The van der Waals surface area contributed by atoms with Crippen molar-refractivity contribution in [2.24, 2.45) is 7.05 Å².